The van der Waals surface area contributed by atoms with Gasteiger partial charge in [-0.05, 0) is 55.9 Å². The van der Waals surface area contributed by atoms with E-state index < -0.39 is 0 Å². The van der Waals surface area contributed by atoms with E-state index in [0.29, 0.717) is 6.54 Å². The lowest BCUT2D eigenvalue weighted by molar-refractivity contribution is -0.123. The molecule has 2 N–H and O–H groups in total. The van der Waals surface area contributed by atoms with Crippen LogP contribution in [0, 0.1) is 12.8 Å². The maximum atomic E-state index is 13.6. The fourth-order valence-electron chi connectivity index (χ4n) is 4.50. The van der Waals surface area contributed by atoms with Crippen molar-refractivity contribution in [3.05, 3.63) is 53.6 Å². The van der Waals surface area contributed by atoms with Gasteiger partial charge in [-0.15, -0.1) is 0 Å². The van der Waals surface area contributed by atoms with Crippen LogP contribution >= 0.6 is 0 Å². The average Bonchev–Trinajstić information content (AvgIpc) is 2.74. The molecule has 0 saturated heterocycles. The van der Waals surface area contributed by atoms with E-state index in [9.17, 15) is 9.59 Å². The number of amides is 3. The number of para-hydroxylation sites is 1. The summed E-state index contributed by atoms with van der Waals surface area (Å²) in [7, 11) is 1.64. The van der Waals surface area contributed by atoms with Crippen molar-refractivity contribution >= 4 is 23.3 Å². The first kappa shape index (κ1) is 19.3. The summed E-state index contributed by atoms with van der Waals surface area (Å²) in [6, 6.07) is 13.9. The highest BCUT2D eigenvalue weighted by Crippen LogP contribution is 2.39. The van der Waals surface area contributed by atoms with Crippen molar-refractivity contribution in [3.8, 4) is 5.75 Å². The lowest BCUT2D eigenvalue weighted by Gasteiger charge is -2.43. The molecule has 0 bridgehead atoms. The topological polar surface area (TPSA) is 75.9 Å². The molecule has 6 nitrogen and oxygen atoms in total. The molecule has 6 heteroatoms. The molecule has 1 saturated carbocycles. The monoisotopic (exact) mass is 393 g/mol. The molecular weight excluding hydrogens is 366 g/mol. The Kier molecular flexibility index (Phi) is 5.18. The van der Waals surface area contributed by atoms with Gasteiger partial charge in [-0.25, -0.2) is 4.79 Å². The number of methoxy groups -OCH3 is 1. The number of carbonyl (C=O) groups is 2. The van der Waals surface area contributed by atoms with Gasteiger partial charge in [-0.1, -0.05) is 24.3 Å². The number of benzene rings is 2. The maximum Gasteiger partial charge on any atom is 0.329 e. The molecule has 0 aromatic heterocycles. The van der Waals surface area contributed by atoms with Gasteiger partial charge in [0.15, 0.2) is 0 Å². The van der Waals surface area contributed by atoms with E-state index in [1.807, 2.05) is 48.2 Å². The molecular formula is C23H27N3O3. The second kappa shape index (κ2) is 7.78. The third-order valence-corrected chi connectivity index (χ3v) is 6.20. The zero-order valence-corrected chi connectivity index (χ0v) is 16.9. The molecule has 152 valence electrons. The number of anilines is 2. The van der Waals surface area contributed by atoms with Gasteiger partial charge >= 0.3 is 6.03 Å². The van der Waals surface area contributed by atoms with Crippen molar-refractivity contribution in [2.75, 3.05) is 12.0 Å². The first-order chi connectivity index (χ1) is 14.0. The molecule has 0 unspecified atom stereocenters. The zero-order valence-electron chi connectivity index (χ0n) is 16.9. The van der Waals surface area contributed by atoms with Crippen LogP contribution in [0.5, 0.6) is 5.75 Å². The Bertz CT molecular complexity index is 935. The fourth-order valence-corrected chi connectivity index (χ4v) is 4.50. The Morgan fingerprint density at radius 3 is 2.52 bits per heavy atom. The highest BCUT2D eigenvalue weighted by atomic mass is 16.5. The van der Waals surface area contributed by atoms with Crippen LogP contribution in [-0.2, 0) is 11.3 Å². The van der Waals surface area contributed by atoms with Gasteiger partial charge in [0.1, 0.15) is 5.75 Å². The molecule has 1 aliphatic carbocycles. The summed E-state index contributed by atoms with van der Waals surface area (Å²) in [5, 5.41) is 0. The smallest absolute Gasteiger partial charge is 0.329 e. The number of fused-ring (bicyclic) bond motifs is 1. The first-order valence-electron chi connectivity index (χ1n) is 10.1. The standard InChI is InChI=1S/C23H27N3O3/c1-15-7-10-19(13-21(15)29-2)26-20-6-4-3-5-17(20)14-25(23(26)28)18-11-8-16(9-12-18)22(24)27/h3-7,10,13,16,18H,8-9,11-12,14H2,1-2H3,(H2,24,27). The van der Waals surface area contributed by atoms with Crippen molar-refractivity contribution in [2.45, 2.75) is 45.2 Å². The van der Waals surface area contributed by atoms with Gasteiger partial charge in [0.2, 0.25) is 5.91 Å². The fraction of sp³-hybridized carbons (Fsp3) is 0.391. The van der Waals surface area contributed by atoms with E-state index in [-0.39, 0.29) is 23.9 Å². The van der Waals surface area contributed by atoms with Crippen LogP contribution in [-0.4, -0.2) is 30.0 Å². The molecule has 2 aliphatic rings. The van der Waals surface area contributed by atoms with Crippen molar-refractivity contribution in [2.24, 2.45) is 11.7 Å². The third-order valence-electron chi connectivity index (χ3n) is 6.20. The molecule has 2 aromatic rings. The van der Waals surface area contributed by atoms with Gasteiger partial charge in [0.05, 0.1) is 18.5 Å². The van der Waals surface area contributed by atoms with Crippen LogP contribution in [0.2, 0.25) is 0 Å². The largest absolute Gasteiger partial charge is 0.496 e. The summed E-state index contributed by atoms with van der Waals surface area (Å²) >= 11 is 0. The summed E-state index contributed by atoms with van der Waals surface area (Å²) < 4.78 is 5.48. The molecule has 0 atom stereocenters. The number of urea groups is 1. The summed E-state index contributed by atoms with van der Waals surface area (Å²) in [5.41, 5.74) is 9.32. The zero-order chi connectivity index (χ0) is 20.5. The molecule has 1 aliphatic heterocycles. The average molecular weight is 393 g/mol. The lowest BCUT2D eigenvalue weighted by atomic mass is 9.84. The third kappa shape index (κ3) is 3.55. The highest BCUT2D eigenvalue weighted by Gasteiger charge is 2.37. The predicted molar refractivity (Wildman–Crippen MR) is 112 cm³/mol. The SMILES string of the molecule is COc1cc(N2C(=O)N(C3CCC(C(N)=O)CC3)Cc3ccccc32)ccc1C. The number of rotatable bonds is 4. The molecule has 3 amide bonds. The molecule has 0 spiro atoms. The van der Waals surface area contributed by atoms with Crippen molar-refractivity contribution in [3.63, 3.8) is 0 Å². The molecule has 1 fully saturated rings. The minimum Gasteiger partial charge on any atom is -0.496 e. The number of ether oxygens (including phenoxy) is 1. The number of carbonyl (C=O) groups excluding carboxylic acids is 2. The Labute approximate surface area is 171 Å². The molecule has 0 radical (unpaired) electrons. The van der Waals surface area contributed by atoms with Crippen LogP contribution in [0.3, 0.4) is 0 Å². The number of nitrogens with two attached hydrogens (primary N) is 1. The lowest BCUT2D eigenvalue weighted by Crippen LogP contribution is -2.51. The van der Waals surface area contributed by atoms with Crippen molar-refractivity contribution in [1.29, 1.82) is 0 Å². The van der Waals surface area contributed by atoms with Crippen LogP contribution in [0.25, 0.3) is 0 Å². The number of primary amides is 1. The number of nitrogens with zero attached hydrogens (tertiary/aromatic N) is 2. The van der Waals surface area contributed by atoms with E-state index in [1.54, 1.807) is 12.0 Å². The first-order valence-corrected chi connectivity index (χ1v) is 10.1. The Morgan fingerprint density at radius 2 is 1.83 bits per heavy atom. The number of aryl methyl sites for hydroxylation is 1. The maximum absolute atomic E-state index is 13.6. The normalized spacial score (nSPS) is 21.7. The summed E-state index contributed by atoms with van der Waals surface area (Å²) in [6.07, 6.45) is 3.08. The van der Waals surface area contributed by atoms with Gasteiger partial charge in [-0.3, -0.25) is 9.69 Å². The van der Waals surface area contributed by atoms with E-state index in [0.717, 1.165) is 53.9 Å². The molecule has 4 rings (SSSR count). The number of hydrogen-bond acceptors (Lipinski definition) is 3. The Morgan fingerprint density at radius 1 is 1.10 bits per heavy atom. The van der Waals surface area contributed by atoms with Crippen LogP contribution in [0.4, 0.5) is 16.2 Å². The van der Waals surface area contributed by atoms with Gasteiger partial charge < -0.3 is 15.4 Å². The predicted octanol–water partition coefficient (Wildman–Crippen LogP) is 4.12. The summed E-state index contributed by atoms with van der Waals surface area (Å²) in [6.45, 7) is 2.57. The minimum absolute atomic E-state index is 0.0304. The Hall–Kier alpha value is -3.02. The minimum atomic E-state index is -0.229. The molecule has 2 aromatic carbocycles. The second-order valence-electron chi connectivity index (χ2n) is 7.94. The van der Waals surface area contributed by atoms with Gasteiger partial charge in [0, 0.05) is 24.6 Å². The van der Waals surface area contributed by atoms with Crippen molar-refractivity contribution in [1.82, 2.24) is 4.90 Å². The van der Waals surface area contributed by atoms with Crippen LogP contribution < -0.4 is 15.4 Å². The van der Waals surface area contributed by atoms with E-state index in [4.69, 9.17) is 10.5 Å². The van der Waals surface area contributed by atoms with Crippen LogP contribution in [0.15, 0.2) is 42.5 Å². The summed E-state index contributed by atoms with van der Waals surface area (Å²) in [5.74, 6) is 0.454. The van der Waals surface area contributed by atoms with Crippen LogP contribution in [0.1, 0.15) is 36.8 Å². The van der Waals surface area contributed by atoms with E-state index in [2.05, 4.69) is 6.07 Å². The van der Waals surface area contributed by atoms with Gasteiger partial charge in [0.25, 0.3) is 0 Å². The summed E-state index contributed by atoms with van der Waals surface area (Å²) in [4.78, 5) is 28.8. The van der Waals surface area contributed by atoms with E-state index >= 15 is 0 Å². The Balaban J connectivity index is 1.68. The quantitative estimate of drug-likeness (QED) is 0.849. The highest BCUT2D eigenvalue weighted by molar-refractivity contribution is 6.02. The van der Waals surface area contributed by atoms with E-state index in [1.165, 1.54) is 0 Å². The second-order valence-corrected chi connectivity index (χ2v) is 7.94. The van der Waals surface area contributed by atoms with Crippen molar-refractivity contribution < 1.29 is 14.3 Å². The molecule has 29 heavy (non-hydrogen) atoms. The number of hydrogen-bond donors (Lipinski definition) is 1. The van der Waals surface area contributed by atoms with Gasteiger partial charge in [-0.2, -0.15) is 0 Å². The molecule has 1 heterocycles.